The third-order valence-corrected chi connectivity index (χ3v) is 7.11. The number of carbonyl (C=O) groups is 2. The minimum atomic E-state index is -0.218. The molecule has 2 heterocycles. The Balaban J connectivity index is 1.50. The molecule has 0 saturated carbocycles. The van der Waals surface area contributed by atoms with Crippen LogP contribution < -0.4 is 5.32 Å². The van der Waals surface area contributed by atoms with Crippen molar-refractivity contribution in [3.8, 4) is 0 Å². The highest BCUT2D eigenvalue weighted by Gasteiger charge is 2.35. The number of nitrogens with one attached hydrogen (secondary N) is 1. The van der Waals surface area contributed by atoms with Gasteiger partial charge in [-0.1, -0.05) is 47.6 Å². The van der Waals surface area contributed by atoms with E-state index >= 15 is 0 Å². The SMILES string of the molecule is C=CCn1c(SCC(=O)Nc2cc(C)cc(C)c2)nnc1C1CCCN1C(=O)c1ccccc1Cl. The number of amides is 2. The standard InChI is InChI=1S/C26H28ClN5O2S/c1-4-11-32-24(22-10-7-12-31(22)25(34)20-8-5-6-9-21(20)27)29-30-26(32)35-16-23(33)28-19-14-17(2)13-18(3)15-19/h4-6,8-9,13-15,22H,1,7,10-12,16H2,2-3H3,(H,28,33). The quantitative estimate of drug-likeness (QED) is 0.323. The molecule has 0 aliphatic carbocycles. The van der Waals surface area contributed by atoms with Crippen LogP contribution in [0.1, 0.15) is 46.2 Å². The molecule has 182 valence electrons. The Morgan fingerprint density at radius 2 is 1.94 bits per heavy atom. The molecule has 4 rings (SSSR count). The molecule has 1 saturated heterocycles. The first-order chi connectivity index (χ1) is 16.9. The summed E-state index contributed by atoms with van der Waals surface area (Å²) in [5, 5.41) is 12.8. The van der Waals surface area contributed by atoms with E-state index in [0.29, 0.717) is 34.7 Å². The average molecular weight is 510 g/mol. The van der Waals surface area contributed by atoms with Crippen LogP contribution >= 0.6 is 23.4 Å². The van der Waals surface area contributed by atoms with Crippen molar-refractivity contribution in [1.82, 2.24) is 19.7 Å². The van der Waals surface area contributed by atoms with Gasteiger partial charge in [0.2, 0.25) is 5.91 Å². The van der Waals surface area contributed by atoms with Gasteiger partial charge in [-0.15, -0.1) is 16.8 Å². The van der Waals surface area contributed by atoms with Crippen molar-refractivity contribution < 1.29 is 9.59 Å². The van der Waals surface area contributed by atoms with Gasteiger partial charge in [-0.05, 0) is 62.1 Å². The van der Waals surface area contributed by atoms with E-state index in [2.05, 4.69) is 28.2 Å². The Labute approximate surface area is 214 Å². The lowest BCUT2D eigenvalue weighted by Crippen LogP contribution is -2.32. The normalized spacial score (nSPS) is 15.3. The third kappa shape index (κ3) is 5.77. The number of aryl methyl sites for hydroxylation is 2. The molecule has 1 aliphatic heterocycles. The molecule has 2 aromatic carbocycles. The molecule has 1 atom stereocenters. The minimum absolute atomic E-state index is 0.117. The molecular formula is C26H28ClN5O2S. The van der Waals surface area contributed by atoms with E-state index in [1.165, 1.54) is 11.8 Å². The second-order valence-electron chi connectivity index (χ2n) is 8.59. The topological polar surface area (TPSA) is 80.1 Å². The molecule has 0 spiro atoms. The molecule has 2 amide bonds. The number of rotatable bonds is 8. The lowest BCUT2D eigenvalue weighted by Gasteiger charge is -2.25. The predicted molar refractivity (Wildman–Crippen MR) is 140 cm³/mol. The summed E-state index contributed by atoms with van der Waals surface area (Å²) >= 11 is 7.60. The Bertz CT molecular complexity index is 1240. The summed E-state index contributed by atoms with van der Waals surface area (Å²) in [5.74, 6) is 0.647. The number of hydrogen-bond acceptors (Lipinski definition) is 5. The van der Waals surface area contributed by atoms with Gasteiger partial charge >= 0.3 is 0 Å². The van der Waals surface area contributed by atoms with Gasteiger partial charge in [-0.25, -0.2) is 0 Å². The molecule has 1 unspecified atom stereocenters. The summed E-state index contributed by atoms with van der Waals surface area (Å²) in [6.45, 7) is 8.96. The van der Waals surface area contributed by atoms with Crippen molar-refractivity contribution in [2.24, 2.45) is 0 Å². The van der Waals surface area contributed by atoms with E-state index < -0.39 is 0 Å². The fourth-order valence-electron chi connectivity index (χ4n) is 4.40. The van der Waals surface area contributed by atoms with Crippen molar-refractivity contribution in [2.45, 2.75) is 44.4 Å². The summed E-state index contributed by atoms with van der Waals surface area (Å²) < 4.78 is 1.94. The van der Waals surface area contributed by atoms with Crippen LogP contribution in [0.4, 0.5) is 5.69 Å². The first-order valence-corrected chi connectivity index (χ1v) is 12.8. The number of nitrogens with zero attached hydrogens (tertiary/aromatic N) is 4. The van der Waals surface area contributed by atoms with Crippen LogP contribution in [0.25, 0.3) is 0 Å². The van der Waals surface area contributed by atoms with Crippen LogP contribution in [0.3, 0.4) is 0 Å². The molecule has 0 radical (unpaired) electrons. The first kappa shape index (κ1) is 25.0. The second-order valence-corrected chi connectivity index (χ2v) is 9.94. The van der Waals surface area contributed by atoms with Crippen molar-refractivity contribution in [3.05, 3.63) is 82.7 Å². The summed E-state index contributed by atoms with van der Waals surface area (Å²) in [6.07, 6.45) is 3.41. The van der Waals surface area contributed by atoms with E-state index in [1.807, 2.05) is 41.5 Å². The summed E-state index contributed by atoms with van der Waals surface area (Å²) in [4.78, 5) is 27.7. The lowest BCUT2D eigenvalue weighted by molar-refractivity contribution is -0.113. The van der Waals surface area contributed by atoms with E-state index in [-0.39, 0.29) is 23.6 Å². The van der Waals surface area contributed by atoms with Gasteiger partial charge in [0, 0.05) is 18.8 Å². The molecule has 1 aliphatic rings. The lowest BCUT2D eigenvalue weighted by atomic mass is 10.1. The van der Waals surface area contributed by atoms with Crippen molar-refractivity contribution in [3.63, 3.8) is 0 Å². The van der Waals surface area contributed by atoms with E-state index in [0.717, 1.165) is 29.7 Å². The minimum Gasteiger partial charge on any atom is -0.328 e. The zero-order valence-corrected chi connectivity index (χ0v) is 21.4. The highest BCUT2D eigenvalue weighted by Crippen LogP contribution is 2.35. The molecule has 3 aromatic rings. The Morgan fingerprint density at radius 3 is 2.66 bits per heavy atom. The maximum Gasteiger partial charge on any atom is 0.255 e. The zero-order valence-electron chi connectivity index (χ0n) is 19.8. The van der Waals surface area contributed by atoms with Gasteiger partial charge in [0.1, 0.15) is 0 Å². The maximum atomic E-state index is 13.3. The molecule has 9 heteroatoms. The molecule has 1 N–H and O–H groups in total. The van der Waals surface area contributed by atoms with Gasteiger partial charge in [-0.2, -0.15) is 0 Å². The predicted octanol–water partition coefficient (Wildman–Crippen LogP) is 5.44. The highest BCUT2D eigenvalue weighted by molar-refractivity contribution is 7.99. The van der Waals surface area contributed by atoms with Crippen LogP contribution in [0.5, 0.6) is 0 Å². The number of anilines is 1. The summed E-state index contributed by atoms with van der Waals surface area (Å²) in [7, 11) is 0. The number of benzene rings is 2. The van der Waals surface area contributed by atoms with Crippen LogP contribution in [-0.4, -0.2) is 43.8 Å². The third-order valence-electron chi connectivity index (χ3n) is 5.81. The second kappa shape index (κ2) is 11.1. The molecule has 35 heavy (non-hydrogen) atoms. The monoisotopic (exact) mass is 509 g/mol. The fraction of sp³-hybridized carbons (Fsp3) is 0.308. The Hall–Kier alpha value is -3.10. The van der Waals surface area contributed by atoms with Crippen LogP contribution in [0.15, 0.2) is 60.3 Å². The highest BCUT2D eigenvalue weighted by atomic mass is 35.5. The van der Waals surface area contributed by atoms with E-state index in [4.69, 9.17) is 11.6 Å². The molecule has 0 bridgehead atoms. The number of hydrogen-bond donors (Lipinski definition) is 1. The van der Waals surface area contributed by atoms with Crippen LogP contribution in [0, 0.1) is 13.8 Å². The summed E-state index contributed by atoms with van der Waals surface area (Å²) in [6, 6.07) is 12.8. The number of thioether (sulfide) groups is 1. The fourth-order valence-corrected chi connectivity index (χ4v) is 5.37. The number of halogens is 1. The largest absolute Gasteiger partial charge is 0.328 e. The van der Waals surface area contributed by atoms with Gasteiger partial charge < -0.3 is 14.8 Å². The molecular weight excluding hydrogens is 482 g/mol. The van der Waals surface area contributed by atoms with Crippen molar-refractivity contribution in [1.29, 1.82) is 0 Å². The van der Waals surface area contributed by atoms with Gasteiger partial charge in [-0.3, -0.25) is 9.59 Å². The van der Waals surface area contributed by atoms with Gasteiger partial charge in [0.25, 0.3) is 5.91 Å². The summed E-state index contributed by atoms with van der Waals surface area (Å²) in [5.41, 5.74) is 3.45. The Kier molecular flexibility index (Phi) is 7.93. The first-order valence-electron chi connectivity index (χ1n) is 11.5. The van der Waals surface area contributed by atoms with Crippen molar-refractivity contribution >= 4 is 40.9 Å². The van der Waals surface area contributed by atoms with Gasteiger partial charge in [0.05, 0.1) is 22.4 Å². The average Bonchev–Trinajstić information content (AvgIpc) is 3.44. The van der Waals surface area contributed by atoms with Crippen LogP contribution in [-0.2, 0) is 11.3 Å². The molecule has 1 fully saturated rings. The molecule has 1 aromatic heterocycles. The molecule has 7 nitrogen and oxygen atoms in total. The maximum absolute atomic E-state index is 13.3. The van der Waals surface area contributed by atoms with Gasteiger partial charge in [0.15, 0.2) is 11.0 Å². The van der Waals surface area contributed by atoms with E-state index in [9.17, 15) is 9.59 Å². The van der Waals surface area contributed by atoms with E-state index in [1.54, 1.807) is 24.3 Å². The Morgan fingerprint density at radius 1 is 1.20 bits per heavy atom. The number of carbonyl (C=O) groups excluding carboxylic acids is 2. The zero-order chi connectivity index (χ0) is 24.9. The number of likely N-dealkylation sites (tertiary alicyclic amines) is 1. The number of allylic oxidation sites excluding steroid dienone is 1. The smallest absolute Gasteiger partial charge is 0.255 e. The van der Waals surface area contributed by atoms with Crippen molar-refractivity contribution in [2.75, 3.05) is 17.6 Å². The number of aromatic nitrogens is 3. The van der Waals surface area contributed by atoms with Crippen LogP contribution in [0.2, 0.25) is 5.02 Å².